The van der Waals surface area contributed by atoms with Crippen LogP contribution in [-0.2, 0) is 4.79 Å². The van der Waals surface area contributed by atoms with E-state index in [1.807, 2.05) is 14.1 Å². The van der Waals surface area contributed by atoms with Crippen molar-refractivity contribution in [3.05, 3.63) is 0 Å². The Hall–Kier alpha value is -1.30. The van der Waals surface area contributed by atoms with Gasteiger partial charge in [0.2, 0.25) is 5.91 Å². The number of hydrogen-bond acceptors (Lipinski definition) is 3. The summed E-state index contributed by atoms with van der Waals surface area (Å²) in [5.74, 6) is 1.99. The number of likely N-dealkylation sites (N-methyl/N-ethyl adjacent to an activating group) is 1. The Kier molecular flexibility index (Phi) is 7.34. The molecule has 0 bridgehead atoms. The molecular weight excluding hydrogens is 302 g/mol. The van der Waals surface area contributed by atoms with Crippen molar-refractivity contribution in [3.63, 3.8) is 0 Å². The molecule has 2 rings (SSSR count). The van der Waals surface area contributed by atoms with Crippen LogP contribution < -0.4 is 10.6 Å². The zero-order valence-corrected chi connectivity index (χ0v) is 15.8. The Balaban J connectivity index is 1.72. The van der Waals surface area contributed by atoms with Gasteiger partial charge >= 0.3 is 0 Å². The minimum absolute atomic E-state index is 0.187. The monoisotopic (exact) mass is 337 g/mol. The Morgan fingerprint density at radius 2 is 1.92 bits per heavy atom. The quantitative estimate of drug-likeness (QED) is 0.543. The molecule has 2 atom stereocenters. The molecule has 1 amide bonds. The molecule has 0 aromatic carbocycles. The standard InChI is InChI=1S/C18H35N5O/c1-5-7-14-12-16(14)21-18(19-6-2)20-15-8-10-23(11-9-15)13-17(24)22(3)4/h14-16H,5-13H2,1-4H3,(H2,19,20,21). The van der Waals surface area contributed by atoms with Gasteiger partial charge in [-0.15, -0.1) is 0 Å². The SMILES string of the molecule is CCCC1CC1NC(=NCC)NC1CCN(CC(=O)N(C)C)CC1. The second kappa shape index (κ2) is 9.25. The van der Waals surface area contributed by atoms with Gasteiger partial charge in [0.15, 0.2) is 5.96 Å². The molecule has 2 aliphatic rings. The molecule has 0 aromatic heterocycles. The van der Waals surface area contributed by atoms with Gasteiger partial charge in [-0.25, -0.2) is 0 Å². The fraction of sp³-hybridized carbons (Fsp3) is 0.889. The van der Waals surface area contributed by atoms with Crippen LogP contribution in [0.4, 0.5) is 0 Å². The molecule has 2 unspecified atom stereocenters. The highest BCUT2D eigenvalue weighted by Crippen LogP contribution is 2.34. The van der Waals surface area contributed by atoms with Gasteiger partial charge in [-0.1, -0.05) is 13.3 Å². The lowest BCUT2D eigenvalue weighted by molar-refractivity contribution is -0.130. The van der Waals surface area contributed by atoms with Crippen LogP contribution in [-0.4, -0.2) is 74.0 Å². The summed E-state index contributed by atoms with van der Waals surface area (Å²) in [4.78, 5) is 20.3. The number of rotatable bonds is 7. The number of carbonyl (C=O) groups excluding carboxylic acids is 1. The summed E-state index contributed by atoms with van der Waals surface area (Å²) in [6, 6.07) is 1.07. The first-order valence-electron chi connectivity index (χ1n) is 9.53. The molecule has 138 valence electrons. The largest absolute Gasteiger partial charge is 0.354 e. The first kappa shape index (κ1) is 19.0. The fourth-order valence-electron chi connectivity index (χ4n) is 3.34. The Morgan fingerprint density at radius 1 is 1.21 bits per heavy atom. The molecule has 2 N–H and O–H groups in total. The molecule has 24 heavy (non-hydrogen) atoms. The minimum Gasteiger partial charge on any atom is -0.354 e. The summed E-state index contributed by atoms with van der Waals surface area (Å²) in [5.41, 5.74) is 0. The van der Waals surface area contributed by atoms with Crippen molar-refractivity contribution in [3.8, 4) is 0 Å². The molecule has 0 spiro atoms. The molecule has 1 aliphatic heterocycles. The second-order valence-corrected chi connectivity index (χ2v) is 7.34. The molecule has 0 radical (unpaired) electrons. The Bertz CT molecular complexity index is 429. The summed E-state index contributed by atoms with van der Waals surface area (Å²) in [6.07, 6.45) is 5.99. The van der Waals surface area contributed by atoms with Crippen molar-refractivity contribution in [1.29, 1.82) is 0 Å². The number of piperidine rings is 1. The smallest absolute Gasteiger partial charge is 0.236 e. The van der Waals surface area contributed by atoms with E-state index in [1.54, 1.807) is 4.90 Å². The Labute approximate surface area is 147 Å². The summed E-state index contributed by atoms with van der Waals surface area (Å²) in [6.45, 7) is 7.61. The molecule has 6 nitrogen and oxygen atoms in total. The summed E-state index contributed by atoms with van der Waals surface area (Å²) in [5, 5.41) is 7.20. The van der Waals surface area contributed by atoms with E-state index >= 15 is 0 Å². The number of nitrogens with zero attached hydrogens (tertiary/aromatic N) is 3. The minimum atomic E-state index is 0.187. The maximum absolute atomic E-state index is 11.8. The normalized spacial score (nSPS) is 25.4. The number of amides is 1. The van der Waals surface area contributed by atoms with Crippen molar-refractivity contribution in [2.24, 2.45) is 10.9 Å². The van der Waals surface area contributed by atoms with E-state index in [9.17, 15) is 4.79 Å². The molecule has 6 heteroatoms. The summed E-state index contributed by atoms with van der Waals surface area (Å²) in [7, 11) is 3.64. The van der Waals surface area contributed by atoms with E-state index in [4.69, 9.17) is 0 Å². The van der Waals surface area contributed by atoms with E-state index < -0.39 is 0 Å². The molecule has 1 saturated carbocycles. The number of nitrogens with one attached hydrogen (secondary N) is 2. The maximum atomic E-state index is 11.8. The molecular formula is C18H35N5O. The van der Waals surface area contributed by atoms with Gasteiger partial charge in [-0.05, 0) is 38.5 Å². The first-order chi connectivity index (χ1) is 11.5. The third-order valence-electron chi connectivity index (χ3n) is 5.01. The van der Waals surface area contributed by atoms with Crippen LogP contribution in [0.15, 0.2) is 4.99 Å². The fourth-order valence-corrected chi connectivity index (χ4v) is 3.34. The molecule has 0 aromatic rings. The molecule has 1 heterocycles. The predicted molar refractivity (Wildman–Crippen MR) is 99.2 cm³/mol. The zero-order valence-electron chi connectivity index (χ0n) is 15.8. The van der Waals surface area contributed by atoms with Crippen LogP contribution in [0.25, 0.3) is 0 Å². The van der Waals surface area contributed by atoms with E-state index in [-0.39, 0.29) is 5.91 Å². The Morgan fingerprint density at radius 3 is 2.50 bits per heavy atom. The van der Waals surface area contributed by atoms with E-state index in [0.29, 0.717) is 18.6 Å². The average Bonchev–Trinajstić information content (AvgIpc) is 3.27. The number of likely N-dealkylation sites (tertiary alicyclic amines) is 1. The number of carbonyl (C=O) groups is 1. The van der Waals surface area contributed by atoms with Gasteiger partial charge in [0.25, 0.3) is 0 Å². The van der Waals surface area contributed by atoms with E-state index in [2.05, 4.69) is 34.4 Å². The van der Waals surface area contributed by atoms with Crippen molar-refractivity contribution in [1.82, 2.24) is 20.4 Å². The van der Waals surface area contributed by atoms with Crippen molar-refractivity contribution in [2.75, 3.05) is 40.3 Å². The van der Waals surface area contributed by atoms with Crippen LogP contribution in [0.2, 0.25) is 0 Å². The topological polar surface area (TPSA) is 60.0 Å². The molecule has 1 aliphatic carbocycles. The lowest BCUT2D eigenvalue weighted by atomic mass is 10.1. The summed E-state index contributed by atoms with van der Waals surface area (Å²) >= 11 is 0. The highest BCUT2D eigenvalue weighted by Gasteiger charge is 2.37. The van der Waals surface area contributed by atoms with Crippen LogP contribution >= 0.6 is 0 Å². The third kappa shape index (κ3) is 5.96. The lowest BCUT2D eigenvalue weighted by Gasteiger charge is -2.33. The van der Waals surface area contributed by atoms with Crippen LogP contribution in [0, 0.1) is 5.92 Å². The van der Waals surface area contributed by atoms with Gasteiger partial charge in [0.05, 0.1) is 6.54 Å². The van der Waals surface area contributed by atoms with Crippen LogP contribution in [0.5, 0.6) is 0 Å². The number of hydrogen-bond donors (Lipinski definition) is 2. The highest BCUT2D eigenvalue weighted by molar-refractivity contribution is 5.81. The maximum Gasteiger partial charge on any atom is 0.236 e. The second-order valence-electron chi connectivity index (χ2n) is 7.34. The van der Waals surface area contributed by atoms with E-state index in [1.165, 1.54) is 19.3 Å². The van der Waals surface area contributed by atoms with Crippen molar-refractivity contribution < 1.29 is 4.79 Å². The molecule has 2 fully saturated rings. The van der Waals surface area contributed by atoms with Gasteiger partial charge in [0.1, 0.15) is 0 Å². The summed E-state index contributed by atoms with van der Waals surface area (Å²) < 4.78 is 0. The van der Waals surface area contributed by atoms with Gasteiger partial charge in [0, 0.05) is 45.8 Å². The lowest BCUT2D eigenvalue weighted by Crippen LogP contribution is -2.50. The van der Waals surface area contributed by atoms with Gasteiger partial charge in [-0.3, -0.25) is 14.7 Å². The number of aliphatic imine (C=N–C) groups is 1. The zero-order chi connectivity index (χ0) is 17.5. The van der Waals surface area contributed by atoms with Gasteiger partial charge in [-0.2, -0.15) is 0 Å². The van der Waals surface area contributed by atoms with Crippen molar-refractivity contribution >= 4 is 11.9 Å². The van der Waals surface area contributed by atoms with Crippen LogP contribution in [0.1, 0.15) is 46.0 Å². The third-order valence-corrected chi connectivity index (χ3v) is 5.01. The van der Waals surface area contributed by atoms with E-state index in [0.717, 1.165) is 44.4 Å². The predicted octanol–water partition coefficient (Wildman–Crippen LogP) is 1.28. The average molecular weight is 338 g/mol. The van der Waals surface area contributed by atoms with Crippen LogP contribution in [0.3, 0.4) is 0 Å². The van der Waals surface area contributed by atoms with Gasteiger partial charge < -0.3 is 15.5 Å². The number of guanidine groups is 1. The highest BCUT2D eigenvalue weighted by atomic mass is 16.2. The first-order valence-corrected chi connectivity index (χ1v) is 9.53. The van der Waals surface area contributed by atoms with Crippen molar-refractivity contribution in [2.45, 2.75) is 58.0 Å². The molecule has 1 saturated heterocycles.